The Morgan fingerprint density at radius 3 is 2.40 bits per heavy atom. The van der Waals surface area contributed by atoms with Crippen LogP contribution >= 0.6 is 12.2 Å². The summed E-state index contributed by atoms with van der Waals surface area (Å²) in [7, 11) is 0. The quantitative estimate of drug-likeness (QED) is 0.646. The van der Waals surface area contributed by atoms with Crippen LogP contribution in [0.5, 0.6) is 5.75 Å². The largest absolute Gasteiger partial charge is 0.494 e. The van der Waals surface area contributed by atoms with Gasteiger partial charge in [-0.15, -0.1) is 0 Å². The van der Waals surface area contributed by atoms with Gasteiger partial charge in [0.25, 0.3) is 0 Å². The fourth-order valence-corrected chi connectivity index (χ4v) is 2.76. The van der Waals surface area contributed by atoms with Crippen molar-refractivity contribution in [3.8, 4) is 5.75 Å². The summed E-state index contributed by atoms with van der Waals surface area (Å²) in [5, 5.41) is 0. The van der Waals surface area contributed by atoms with Crippen LogP contribution in [0.3, 0.4) is 0 Å². The van der Waals surface area contributed by atoms with E-state index in [4.69, 9.17) is 22.7 Å². The summed E-state index contributed by atoms with van der Waals surface area (Å²) in [6, 6.07) is 7.66. The van der Waals surface area contributed by atoms with Crippen LogP contribution in [0.2, 0.25) is 0 Å². The van der Waals surface area contributed by atoms with Gasteiger partial charge in [0, 0.05) is 25.2 Å². The van der Waals surface area contributed by atoms with Crippen molar-refractivity contribution in [3.63, 3.8) is 0 Å². The van der Waals surface area contributed by atoms with Crippen LogP contribution in [-0.4, -0.2) is 36.1 Å². The fraction of sp³-hybridized carbons (Fsp3) is 0.562. The lowest BCUT2D eigenvalue weighted by Crippen LogP contribution is -2.23. The third-order valence-corrected chi connectivity index (χ3v) is 4.33. The number of hydrogen-bond donors (Lipinski definition) is 1. The van der Waals surface area contributed by atoms with Gasteiger partial charge in [0.05, 0.1) is 6.61 Å². The van der Waals surface area contributed by atoms with Gasteiger partial charge in [0.1, 0.15) is 10.7 Å². The molecule has 1 aliphatic rings. The fourth-order valence-electron chi connectivity index (χ4n) is 2.63. The Hall–Kier alpha value is -1.13. The topological polar surface area (TPSA) is 38.5 Å². The molecule has 0 aliphatic carbocycles. The van der Waals surface area contributed by atoms with Gasteiger partial charge in [-0.3, -0.25) is 0 Å². The van der Waals surface area contributed by atoms with Crippen molar-refractivity contribution in [2.45, 2.75) is 20.3 Å². The molecular weight excluding hydrogens is 268 g/mol. The molecule has 1 saturated heterocycles. The number of likely N-dealkylation sites (tertiary alicyclic amines) is 1. The molecule has 0 aromatic heterocycles. The van der Waals surface area contributed by atoms with Crippen LogP contribution in [0.4, 0.5) is 0 Å². The minimum absolute atomic E-state index is 0.425. The number of rotatable bonds is 6. The highest BCUT2D eigenvalue weighted by atomic mass is 32.1. The lowest BCUT2D eigenvalue weighted by Gasteiger charge is -2.15. The third kappa shape index (κ3) is 4.18. The first-order valence-corrected chi connectivity index (χ1v) is 7.72. The van der Waals surface area contributed by atoms with Crippen molar-refractivity contribution < 1.29 is 4.74 Å². The molecule has 1 heterocycles. The molecule has 0 amide bonds. The Balaban J connectivity index is 1.67. The summed E-state index contributed by atoms with van der Waals surface area (Å²) in [6.45, 7) is 9.01. The number of ether oxygens (including phenoxy) is 1. The van der Waals surface area contributed by atoms with Crippen molar-refractivity contribution in [2.75, 3.05) is 26.2 Å². The van der Waals surface area contributed by atoms with Gasteiger partial charge in [-0.05, 0) is 42.5 Å². The molecule has 1 fully saturated rings. The molecule has 2 unspecified atom stereocenters. The van der Waals surface area contributed by atoms with Gasteiger partial charge in [-0.1, -0.05) is 26.1 Å². The molecule has 0 bridgehead atoms. The highest BCUT2D eigenvalue weighted by molar-refractivity contribution is 7.80. The standard InChI is InChI=1S/C16H24N2OS/c1-12-10-18(11-13(12)2)8-3-9-19-15-6-4-14(5-7-15)16(17)20/h4-7,12-13H,3,8-11H2,1-2H3,(H2,17,20). The molecular formula is C16H24N2OS. The van der Waals surface area contributed by atoms with Gasteiger partial charge in [-0.2, -0.15) is 0 Å². The summed E-state index contributed by atoms with van der Waals surface area (Å²) in [4.78, 5) is 2.96. The molecule has 2 N–H and O–H groups in total. The summed E-state index contributed by atoms with van der Waals surface area (Å²) in [5.74, 6) is 2.53. The zero-order valence-electron chi connectivity index (χ0n) is 12.3. The summed E-state index contributed by atoms with van der Waals surface area (Å²) < 4.78 is 5.74. The lowest BCUT2D eigenvalue weighted by atomic mass is 10.0. The molecule has 4 heteroatoms. The second-order valence-corrected chi connectivity index (χ2v) is 6.24. The minimum Gasteiger partial charge on any atom is -0.494 e. The Morgan fingerprint density at radius 1 is 1.25 bits per heavy atom. The van der Waals surface area contributed by atoms with Gasteiger partial charge in [0.2, 0.25) is 0 Å². The molecule has 0 radical (unpaired) electrons. The molecule has 2 atom stereocenters. The first-order valence-electron chi connectivity index (χ1n) is 7.31. The van der Waals surface area contributed by atoms with E-state index in [1.54, 1.807) is 0 Å². The van der Waals surface area contributed by atoms with E-state index in [0.717, 1.165) is 42.7 Å². The predicted molar refractivity (Wildman–Crippen MR) is 87.2 cm³/mol. The van der Waals surface area contributed by atoms with E-state index in [0.29, 0.717) is 4.99 Å². The van der Waals surface area contributed by atoms with Crippen molar-refractivity contribution in [2.24, 2.45) is 17.6 Å². The number of nitrogens with two attached hydrogens (primary N) is 1. The number of benzene rings is 1. The van der Waals surface area contributed by atoms with E-state index in [1.165, 1.54) is 13.1 Å². The second kappa shape index (κ2) is 7.04. The van der Waals surface area contributed by atoms with Gasteiger partial charge in [0.15, 0.2) is 0 Å². The van der Waals surface area contributed by atoms with E-state index in [9.17, 15) is 0 Å². The Kier molecular flexibility index (Phi) is 5.38. The molecule has 3 nitrogen and oxygen atoms in total. The third-order valence-electron chi connectivity index (χ3n) is 4.09. The smallest absolute Gasteiger partial charge is 0.119 e. The van der Waals surface area contributed by atoms with Crippen molar-refractivity contribution in [3.05, 3.63) is 29.8 Å². The average Bonchev–Trinajstić information content (AvgIpc) is 2.74. The monoisotopic (exact) mass is 292 g/mol. The second-order valence-electron chi connectivity index (χ2n) is 5.80. The zero-order valence-corrected chi connectivity index (χ0v) is 13.2. The predicted octanol–water partition coefficient (Wildman–Crippen LogP) is 2.68. The highest BCUT2D eigenvalue weighted by Crippen LogP contribution is 2.22. The normalized spacial score (nSPS) is 22.9. The van der Waals surface area contributed by atoms with E-state index in [-0.39, 0.29) is 0 Å². The average molecular weight is 292 g/mol. The number of thiocarbonyl (C=S) groups is 1. The molecule has 1 aromatic rings. The Bertz CT molecular complexity index is 436. The van der Waals surface area contributed by atoms with Crippen LogP contribution in [-0.2, 0) is 0 Å². The van der Waals surface area contributed by atoms with E-state index >= 15 is 0 Å². The molecule has 20 heavy (non-hydrogen) atoms. The van der Waals surface area contributed by atoms with E-state index in [1.807, 2.05) is 24.3 Å². The molecule has 110 valence electrons. The SMILES string of the molecule is CC1CN(CCCOc2ccc(C(N)=S)cc2)CC1C. The molecule has 0 saturated carbocycles. The zero-order chi connectivity index (χ0) is 14.5. The summed E-state index contributed by atoms with van der Waals surface area (Å²) in [5.41, 5.74) is 6.44. The first kappa shape index (κ1) is 15.3. The van der Waals surface area contributed by atoms with Crippen LogP contribution in [0.15, 0.2) is 24.3 Å². The van der Waals surface area contributed by atoms with Crippen molar-refractivity contribution in [1.82, 2.24) is 4.90 Å². The molecule has 2 rings (SSSR count). The van der Waals surface area contributed by atoms with E-state index < -0.39 is 0 Å². The van der Waals surface area contributed by atoms with Crippen LogP contribution in [0.25, 0.3) is 0 Å². The van der Waals surface area contributed by atoms with Gasteiger partial charge < -0.3 is 15.4 Å². The summed E-state index contributed by atoms with van der Waals surface area (Å²) in [6.07, 6.45) is 1.07. The molecule has 1 aromatic carbocycles. The highest BCUT2D eigenvalue weighted by Gasteiger charge is 2.25. The Morgan fingerprint density at radius 2 is 1.85 bits per heavy atom. The molecule has 0 spiro atoms. The molecule has 1 aliphatic heterocycles. The van der Waals surface area contributed by atoms with E-state index in [2.05, 4.69) is 18.7 Å². The summed E-state index contributed by atoms with van der Waals surface area (Å²) >= 11 is 4.92. The van der Waals surface area contributed by atoms with Crippen LogP contribution in [0, 0.1) is 11.8 Å². The van der Waals surface area contributed by atoms with Crippen molar-refractivity contribution >= 4 is 17.2 Å². The Labute approximate surface area is 127 Å². The van der Waals surface area contributed by atoms with Crippen LogP contribution in [0.1, 0.15) is 25.8 Å². The number of hydrogen-bond acceptors (Lipinski definition) is 3. The number of nitrogens with zero attached hydrogens (tertiary/aromatic N) is 1. The van der Waals surface area contributed by atoms with Crippen molar-refractivity contribution in [1.29, 1.82) is 0 Å². The van der Waals surface area contributed by atoms with Gasteiger partial charge >= 0.3 is 0 Å². The minimum atomic E-state index is 0.425. The lowest BCUT2D eigenvalue weighted by molar-refractivity contribution is 0.258. The van der Waals surface area contributed by atoms with Crippen LogP contribution < -0.4 is 10.5 Å². The maximum absolute atomic E-state index is 5.74. The maximum Gasteiger partial charge on any atom is 0.119 e. The first-order chi connectivity index (χ1) is 9.56. The maximum atomic E-state index is 5.74. The van der Waals surface area contributed by atoms with Gasteiger partial charge in [-0.25, -0.2) is 0 Å².